The predicted molar refractivity (Wildman–Crippen MR) is 127 cm³/mol. The normalized spacial score (nSPS) is 17.3. The number of sulfone groups is 1. The van der Waals surface area contributed by atoms with E-state index in [0.29, 0.717) is 22.9 Å². The highest BCUT2D eigenvalue weighted by Gasteiger charge is 2.38. The van der Waals surface area contributed by atoms with Crippen LogP contribution in [0.1, 0.15) is 16.7 Å². The zero-order valence-electron chi connectivity index (χ0n) is 17.0. The number of hydrazone groups is 1. The van der Waals surface area contributed by atoms with Crippen molar-refractivity contribution >= 4 is 60.6 Å². The van der Waals surface area contributed by atoms with Gasteiger partial charge in [-0.05, 0) is 48.0 Å². The van der Waals surface area contributed by atoms with E-state index in [4.69, 9.17) is 21.7 Å². The molecule has 0 spiro atoms. The molecule has 2 aliphatic rings. The van der Waals surface area contributed by atoms with Gasteiger partial charge in [-0.15, -0.1) is 5.10 Å². The van der Waals surface area contributed by atoms with Crippen LogP contribution in [0.25, 0.3) is 6.08 Å². The van der Waals surface area contributed by atoms with Crippen LogP contribution >= 0.6 is 23.4 Å². The second kappa shape index (κ2) is 8.53. The standard InChI is InChI=1S/C21H17ClN4O4S2/c1-12-4-3-5-14(8-12)11-30-17-7-6-13(10-16(17)22)9-15-18(23)26-20(24-19(15)27)31-21(25-26)32(2,28)29/h3-10,23H,11H2,1-2H3/b15-9-,23-18?. The van der Waals surface area contributed by atoms with Crippen LogP contribution in [0.15, 0.2) is 58.1 Å². The summed E-state index contributed by atoms with van der Waals surface area (Å²) in [6.07, 6.45) is 2.46. The number of carbonyl (C=O) groups excluding carboxylic acids is 1. The highest BCUT2D eigenvalue weighted by Crippen LogP contribution is 2.31. The van der Waals surface area contributed by atoms with Crippen molar-refractivity contribution in [2.24, 2.45) is 10.1 Å². The van der Waals surface area contributed by atoms with Crippen molar-refractivity contribution in [3.63, 3.8) is 0 Å². The molecule has 11 heteroatoms. The molecule has 4 rings (SSSR count). The first-order valence-electron chi connectivity index (χ1n) is 9.30. The van der Waals surface area contributed by atoms with Crippen molar-refractivity contribution in [3.05, 3.63) is 69.8 Å². The molecule has 0 radical (unpaired) electrons. The fourth-order valence-electron chi connectivity index (χ4n) is 2.98. The van der Waals surface area contributed by atoms with Crippen molar-refractivity contribution in [3.8, 4) is 5.75 Å². The zero-order valence-corrected chi connectivity index (χ0v) is 19.4. The molecular weight excluding hydrogens is 472 g/mol. The lowest BCUT2D eigenvalue weighted by atomic mass is 10.1. The minimum Gasteiger partial charge on any atom is -0.487 e. The molecule has 0 saturated carbocycles. The summed E-state index contributed by atoms with van der Waals surface area (Å²) in [5.41, 5.74) is 2.68. The van der Waals surface area contributed by atoms with E-state index >= 15 is 0 Å². The number of rotatable bonds is 4. The van der Waals surface area contributed by atoms with E-state index in [9.17, 15) is 13.2 Å². The van der Waals surface area contributed by atoms with Crippen molar-refractivity contribution < 1.29 is 17.9 Å². The number of aryl methyl sites for hydroxylation is 1. The lowest BCUT2D eigenvalue weighted by Crippen LogP contribution is -2.35. The first-order chi connectivity index (χ1) is 15.1. The van der Waals surface area contributed by atoms with Gasteiger partial charge in [-0.2, -0.15) is 10.0 Å². The predicted octanol–water partition coefficient (Wildman–Crippen LogP) is 3.85. The summed E-state index contributed by atoms with van der Waals surface area (Å²) in [5, 5.41) is 13.6. The molecule has 2 aliphatic heterocycles. The van der Waals surface area contributed by atoms with E-state index in [1.807, 2.05) is 31.2 Å². The number of hydrogen-bond donors (Lipinski definition) is 1. The number of halogens is 1. The molecule has 0 fully saturated rings. The maximum Gasteiger partial charge on any atom is 0.283 e. The Morgan fingerprint density at radius 3 is 2.72 bits per heavy atom. The van der Waals surface area contributed by atoms with Crippen LogP contribution in [0, 0.1) is 12.3 Å². The smallest absolute Gasteiger partial charge is 0.283 e. The van der Waals surface area contributed by atoms with Gasteiger partial charge >= 0.3 is 0 Å². The second-order valence-electron chi connectivity index (χ2n) is 7.13. The van der Waals surface area contributed by atoms with Crippen molar-refractivity contribution in [2.45, 2.75) is 13.5 Å². The van der Waals surface area contributed by atoms with Crippen molar-refractivity contribution in [1.82, 2.24) is 5.01 Å². The van der Waals surface area contributed by atoms with Gasteiger partial charge < -0.3 is 4.74 Å². The number of amides is 1. The molecule has 2 heterocycles. The summed E-state index contributed by atoms with van der Waals surface area (Å²) in [4.78, 5) is 16.3. The number of fused-ring (bicyclic) bond motifs is 1. The van der Waals surface area contributed by atoms with Crippen LogP contribution in [0.2, 0.25) is 5.02 Å². The molecule has 2 aromatic rings. The number of nitrogens with zero attached hydrogens (tertiary/aromatic N) is 3. The number of benzene rings is 2. The van der Waals surface area contributed by atoms with Crippen LogP contribution in [0.4, 0.5) is 0 Å². The number of ether oxygens (including phenoxy) is 1. The van der Waals surface area contributed by atoms with E-state index < -0.39 is 15.7 Å². The number of aliphatic imine (C=N–C) groups is 1. The first kappa shape index (κ1) is 22.3. The second-order valence-corrected chi connectivity index (χ2v) is 10.7. The number of nitrogens with one attached hydrogen (secondary N) is 1. The Hall–Kier alpha value is -2.95. The molecule has 164 valence electrons. The van der Waals surface area contributed by atoms with Gasteiger partial charge in [0.15, 0.2) is 5.84 Å². The quantitative estimate of drug-likeness (QED) is 0.654. The Balaban J connectivity index is 1.55. The summed E-state index contributed by atoms with van der Waals surface area (Å²) in [6, 6.07) is 12.9. The Kier molecular flexibility index (Phi) is 5.93. The van der Waals surface area contributed by atoms with Crippen LogP contribution in [0.3, 0.4) is 0 Å². The molecular formula is C21H17ClN4O4S2. The minimum atomic E-state index is -3.58. The Morgan fingerprint density at radius 2 is 2.03 bits per heavy atom. The van der Waals surface area contributed by atoms with Gasteiger partial charge in [0.1, 0.15) is 12.4 Å². The molecule has 0 atom stereocenters. The summed E-state index contributed by atoms with van der Waals surface area (Å²) in [7, 11) is -3.58. The molecule has 1 amide bonds. The fourth-order valence-corrected chi connectivity index (χ4v) is 4.91. The molecule has 0 bridgehead atoms. The Labute approximate surface area is 194 Å². The molecule has 0 unspecified atom stereocenters. The van der Waals surface area contributed by atoms with Crippen molar-refractivity contribution in [1.29, 1.82) is 5.41 Å². The van der Waals surface area contributed by atoms with Gasteiger partial charge in [0, 0.05) is 6.26 Å². The largest absolute Gasteiger partial charge is 0.487 e. The number of hydrogen-bond acceptors (Lipinski definition) is 7. The van der Waals surface area contributed by atoms with Gasteiger partial charge in [-0.25, -0.2) is 8.42 Å². The average molecular weight is 489 g/mol. The number of carbonyl (C=O) groups is 1. The summed E-state index contributed by atoms with van der Waals surface area (Å²) in [5.74, 6) is -0.435. The monoisotopic (exact) mass is 488 g/mol. The minimum absolute atomic E-state index is 0.0302. The van der Waals surface area contributed by atoms with Crippen LogP contribution in [-0.2, 0) is 21.2 Å². The molecule has 32 heavy (non-hydrogen) atoms. The first-order valence-corrected chi connectivity index (χ1v) is 12.4. The van der Waals surface area contributed by atoms with Gasteiger partial charge in [-0.3, -0.25) is 10.2 Å². The van der Waals surface area contributed by atoms with Gasteiger partial charge in [0.05, 0.1) is 10.6 Å². The van der Waals surface area contributed by atoms with Crippen LogP contribution in [-0.4, -0.2) is 41.0 Å². The van der Waals surface area contributed by atoms with Gasteiger partial charge in [-0.1, -0.05) is 47.5 Å². The Bertz CT molecular complexity index is 1350. The van der Waals surface area contributed by atoms with Crippen LogP contribution in [0.5, 0.6) is 5.75 Å². The fraction of sp³-hybridized carbons (Fsp3) is 0.143. The summed E-state index contributed by atoms with van der Waals surface area (Å²) in [6.45, 7) is 2.36. The summed E-state index contributed by atoms with van der Waals surface area (Å²) >= 11 is 7.09. The highest BCUT2D eigenvalue weighted by atomic mass is 35.5. The SMILES string of the molecule is Cc1cccc(COc2ccc(/C=C3/C(=N)N4N=C(S(C)(=O)=O)SC4=NC3=O)cc2Cl)c1. The molecule has 1 N–H and O–H groups in total. The van der Waals surface area contributed by atoms with E-state index in [-0.39, 0.29) is 21.0 Å². The maximum atomic E-state index is 12.5. The Morgan fingerprint density at radius 1 is 1.25 bits per heavy atom. The van der Waals surface area contributed by atoms with Crippen molar-refractivity contribution in [2.75, 3.05) is 6.26 Å². The molecule has 0 aromatic heterocycles. The number of thioether (sulfide) groups is 1. The lowest BCUT2D eigenvalue weighted by molar-refractivity contribution is -0.114. The third-order valence-electron chi connectivity index (χ3n) is 4.50. The maximum absolute atomic E-state index is 12.5. The zero-order chi connectivity index (χ0) is 23.0. The molecule has 0 aliphatic carbocycles. The average Bonchev–Trinajstić information content (AvgIpc) is 3.15. The number of amidine groups is 2. The van der Waals surface area contributed by atoms with E-state index in [0.717, 1.165) is 34.2 Å². The third-order valence-corrected chi connectivity index (χ3v) is 7.37. The van der Waals surface area contributed by atoms with Crippen LogP contribution < -0.4 is 4.74 Å². The lowest BCUT2D eigenvalue weighted by Gasteiger charge is -2.20. The molecule has 0 saturated heterocycles. The molecule has 2 aromatic carbocycles. The van der Waals surface area contributed by atoms with E-state index in [2.05, 4.69) is 10.1 Å². The molecule has 8 nitrogen and oxygen atoms in total. The topological polar surface area (TPSA) is 112 Å². The summed E-state index contributed by atoms with van der Waals surface area (Å²) < 4.78 is 29.1. The van der Waals surface area contributed by atoms with Gasteiger partial charge in [0.25, 0.3) is 5.91 Å². The van der Waals surface area contributed by atoms with E-state index in [1.54, 1.807) is 18.2 Å². The van der Waals surface area contributed by atoms with Gasteiger partial charge in [0.2, 0.25) is 19.4 Å². The van der Waals surface area contributed by atoms with E-state index in [1.165, 1.54) is 6.08 Å². The third kappa shape index (κ3) is 4.62. The highest BCUT2D eigenvalue weighted by molar-refractivity contribution is 8.42.